The summed E-state index contributed by atoms with van der Waals surface area (Å²) < 4.78 is 5.14. The Morgan fingerprint density at radius 1 is 1.36 bits per heavy atom. The van der Waals surface area contributed by atoms with Gasteiger partial charge in [0, 0.05) is 11.3 Å². The molecule has 1 aromatic carbocycles. The first-order chi connectivity index (χ1) is 6.90. The number of quaternary nitrogens is 1. The van der Waals surface area contributed by atoms with Crippen LogP contribution in [0.15, 0.2) is 24.3 Å². The zero-order chi connectivity index (χ0) is 9.80. The summed E-state index contributed by atoms with van der Waals surface area (Å²) in [6.45, 7) is 1.24. The van der Waals surface area contributed by atoms with Gasteiger partial charge in [0.1, 0.15) is 11.8 Å². The fraction of sp³-hybridized carbons (Fsp3) is 0.455. The van der Waals surface area contributed by atoms with E-state index in [2.05, 4.69) is 17.4 Å². The van der Waals surface area contributed by atoms with E-state index in [0.717, 1.165) is 5.75 Å². The first-order valence-corrected chi connectivity index (χ1v) is 6.10. The molecule has 1 fully saturated rings. The van der Waals surface area contributed by atoms with Crippen molar-refractivity contribution >= 4 is 11.8 Å². The van der Waals surface area contributed by atoms with Crippen LogP contribution in [0.5, 0.6) is 5.75 Å². The molecule has 1 heterocycles. The van der Waals surface area contributed by atoms with E-state index >= 15 is 0 Å². The number of ether oxygens (including phenoxy) is 1. The fourth-order valence-electron chi connectivity index (χ4n) is 1.71. The maximum atomic E-state index is 5.14. The van der Waals surface area contributed by atoms with Crippen molar-refractivity contribution in [2.24, 2.45) is 0 Å². The van der Waals surface area contributed by atoms with Crippen LogP contribution >= 0.6 is 11.8 Å². The lowest BCUT2D eigenvalue weighted by Crippen LogP contribution is -2.87. The standard InChI is InChI=1S/C11H15NOS/c1-13-10-4-2-9(3-5-10)11-8-14-7-6-12-11/h2-5,11-12H,6-8H2,1H3/p+1/t11-/m1/s1. The van der Waals surface area contributed by atoms with Gasteiger partial charge in [-0.25, -0.2) is 0 Å². The molecule has 76 valence electrons. The zero-order valence-electron chi connectivity index (χ0n) is 8.40. The van der Waals surface area contributed by atoms with Gasteiger partial charge in [-0.1, -0.05) is 0 Å². The molecule has 1 aliphatic heterocycles. The van der Waals surface area contributed by atoms with Crippen LogP contribution in [-0.2, 0) is 0 Å². The molecule has 0 saturated carbocycles. The quantitative estimate of drug-likeness (QED) is 0.789. The molecular formula is C11H16NOS+. The monoisotopic (exact) mass is 210 g/mol. The van der Waals surface area contributed by atoms with Gasteiger partial charge in [-0.2, -0.15) is 0 Å². The molecule has 1 aromatic rings. The predicted molar refractivity (Wildman–Crippen MR) is 59.9 cm³/mol. The lowest BCUT2D eigenvalue weighted by molar-refractivity contribution is -0.689. The smallest absolute Gasteiger partial charge is 0.121 e. The Kier molecular flexibility index (Phi) is 3.32. The van der Waals surface area contributed by atoms with Crippen LogP contribution in [0.4, 0.5) is 0 Å². The number of rotatable bonds is 2. The summed E-state index contributed by atoms with van der Waals surface area (Å²) in [5.41, 5.74) is 1.41. The van der Waals surface area contributed by atoms with Gasteiger partial charge in [0.15, 0.2) is 0 Å². The van der Waals surface area contributed by atoms with Gasteiger partial charge in [0.2, 0.25) is 0 Å². The molecule has 1 atom stereocenters. The highest BCUT2D eigenvalue weighted by Gasteiger charge is 2.18. The minimum atomic E-state index is 0.639. The molecule has 2 N–H and O–H groups in total. The number of hydrogen-bond acceptors (Lipinski definition) is 2. The van der Waals surface area contributed by atoms with Crippen LogP contribution < -0.4 is 10.1 Å². The molecule has 2 nitrogen and oxygen atoms in total. The Morgan fingerprint density at radius 2 is 2.14 bits per heavy atom. The highest BCUT2D eigenvalue weighted by molar-refractivity contribution is 7.99. The molecule has 0 spiro atoms. The maximum Gasteiger partial charge on any atom is 0.121 e. The summed E-state index contributed by atoms with van der Waals surface area (Å²) >= 11 is 2.05. The summed E-state index contributed by atoms with van der Waals surface area (Å²) in [5, 5.41) is 2.43. The third-order valence-electron chi connectivity index (χ3n) is 2.55. The average Bonchev–Trinajstić information content (AvgIpc) is 2.30. The molecule has 1 aliphatic rings. The minimum Gasteiger partial charge on any atom is -0.497 e. The molecule has 2 rings (SSSR count). The number of benzene rings is 1. The van der Waals surface area contributed by atoms with E-state index in [-0.39, 0.29) is 0 Å². The lowest BCUT2D eigenvalue weighted by Gasteiger charge is -2.20. The van der Waals surface area contributed by atoms with Crippen LogP contribution in [0.2, 0.25) is 0 Å². The average molecular weight is 210 g/mol. The summed E-state index contributed by atoms with van der Waals surface area (Å²) in [6.07, 6.45) is 0. The van der Waals surface area contributed by atoms with Gasteiger partial charge in [0.05, 0.1) is 19.4 Å². The highest BCUT2D eigenvalue weighted by atomic mass is 32.2. The summed E-state index contributed by atoms with van der Waals surface area (Å²) in [5.74, 6) is 3.45. The van der Waals surface area contributed by atoms with E-state index in [1.807, 2.05) is 23.9 Å². The van der Waals surface area contributed by atoms with Gasteiger partial charge in [-0.3, -0.25) is 0 Å². The van der Waals surface area contributed by atoms with E-state index in [4.69, 9.17) is 4.74 Å². The van der Waals surface area contributed by atoms with Crippen LogP contribution in [0.1, 0.15) is 11.6 Å². The van der Waals surface area contributed by atoms with Gasteiger partial charge >= 0.3 is 0 Å². The van der Waals surface area contributed by atoms with Crippen molar-refractivity contribution in [3.63, 3.8) is 0 Å². The largest absolute Gasteiger partial charge is 0.497 e. The Labute approximate surface area is 89.0 Å². The van der Waals surface area contributed by atoms with Gasteiger partial charge < -0.3 is 10.1 Å². The zero-order valence-corrected chi connectivity index (χ0v) is 9.22. The van der Waals surface area contributed by atoms with Crippen molar-refractivity contribution in [3.05, 3.63) is 29.8 Å². The molecule has 0 radical (unpaired) electrons. The van der Waals surface area contributed by atoms with Crippen LogP contribution in [0, 0.1) is 0 Å². The predicted octanol–water partition coefficient (Wildman–Crippen LogP) is 1.05. The third kappa shape index (κ3) is 2.22. The number of nitrogens with two attached hydrogens (primary N) is 1. The Hall–Kier alpha value is -0.670. The van der Waals surface area contributed by atoms with Crippen molar-refractivity contribution in [1.29, 1.82) is 0 Å². The molecule has 1 saturated heterocycles. The van der Waals surface area contributed by atoms with Gasteiger partial charge in [0.25, 0.3) is 0 Å². The van der Waals surface area contributed by atoms with E-state index in [1.165, 1.54) is 23.6 Å². The summed E-state index contributed by atoms with van der Waals surface area (Å²) in [6, 6.07) is 9.07. The van der Waals surface area contributed by atoms with Gasteiger partial charge in [-0.15, -0.1) is 11.8 Å². The van der Waals surface area contributed by atoms with E-state index in [0.29, 0.717) is 6.04 Å². The second kappa shape index (κ2) is 4.71. The molecule has 0 bridgehead atoms. The second-order valence-corrected chi connectivity index (χ2v) is 4.63. The van der Waals surface area contributed by atoms with Crippen molar-refractivity contribution < 1.29 is 10.1 Å². The summed E-state index contributed by atoms with van der Waals surface area (Å²) in [4.78, 5) is 0. The number of hydrogen-bond donors (Lipinski definition) is 1. The second-order valence-electron chi connectivity index (χ2n) is 3.48. The van der Waals surface area contributed by atoms with Crippen LogP contribution in [-0.4, -0.2) is 25.2 Å². The van der Waals surface area contributed by atoms with E-state index in [1.54, 1.807) is 7.11 Å². The van der Waals surface area contributed by atoms with Crippen molar-refractivity contribution in [2.45, 2.75) is 6.04 Å². The minimum absolute atomic E-state index is 0.639. The molecule has 0 aromatic heterocycles. The molecule has 0 unspecified atom stereocenters. The highest BCUT2D eigenvalue weighted by Crippen LogP contribution is 2.19. The van der Waals surface area contributed by atoms with Crippen molar-refractivity contribution in [1.82, 2.24) is 0 Å². The molecule has 0 aliphatic carbocycles. The number of methoxy groups -OCH3 is 1. The SMILES string of the molecule is COc1ccc([C@H]2CSCC[NH2+]2)cc1. The Bertz CT molecular complexity index is 280. The molecular weight excluding hydrogens is 194 g/mol. The first-order valence-electron chi connectivity index (χ1n) is 4.95. The molecule has 14 heavy (non-hydrogen) atoms. The first kappa shape index (κ1) is 9.87. The van der Waals surface area contributed by atoms with Crippen LogP contribution in [0.3, 0.4) is 0 Å². The number of thioether (sulfide) groups is 1. The Balaban J connectivity index is 2.07. The Morgan fingerprint density at radius 3 is 2.71 bits per heavy atom. The van der Waals surface area contributed by atoms with Gasteiger partial charge in [-0.05, 0) is 24.3 Å². The van der Waals surface area contributed by atoms with E-state index < -0.39 is 0 Å². The summed E-state index contributed by atoms with van der Waals surface area (Å²) in [7, 11) is 1.71. The van der Waals surface area contributed by atoms with Crippen LogP contribution in [0.25, 0.3) is 0 Å². The lowest BCUT2D eigenvalue weighted by atomic mass is 10.1. The normalized spacial score (nSPS) is 21.9. The van der Waals surface area contributed by atoms with E-state index in [9.17, 15) is 0 Å². The topological polar surface area (TPSA) is 25.8 Å². The fourth-order valence-corrected chi connectivity index (χ4v) is 2.77. The van der Waals surface area contributed by atoms with Crippen molar-refractivity contribution in [2.75, 3.05) is 25.2 Å². The van der Waals surface area contributed by atoms with Crippen molar-refractivity contribution in [3.8, 4) is 5.75 Å². The third-order valence-corrected chi connectivity index (χ3v) is 3.67. The molecule has 0 amide bonds. The molecule has 3 heteroatoms. The maximum absolute atomic E-state index is 5.14.